The summed E-state index contributed by atoms with van der Waals surface area (Å²) in [6, 6.07) is 11.8. The van der Waals surface area contributed by atoms with Gasteiger partial charge in [0, 0.05) is 33.5 Å². The maximum absolute atomic E-state index is 14.8. The molecule has 5 rings (SSSR count). The van der Waals surface area contributed by atoms with Crippen molar-refractivity contribution in [2.45, 2.75) is 127 Å². The molecule has 15 heteroatoms. The van der Waals surface area contributed by atoms with Crippen molar-refractivity contribution in [2.75, 3.05) is 33.8 Å². The third-order valence-electron chi connectivity index (χ3n) is 11.5. The number of nitrogens with zero attached hydrogens (tertiary/aromatic N) is 2. The van der Waals surface area contributed by atoms with Crippen LogP contribution in [0.4, 0.5) is 0 Å². The van der Waals surface area contributed by atoms with E-state index in [4.69, 9.17) is 9.47 Å². The molecule has 326 valence electrons. The number of carbonyl (C=O) groups excluding carboxylic acids is 7. The molecule has 2 aromatic carbocycles. The molecule has 2 aromatic rings. The van der Waals surface area contributed by atoms with Crippen LogP contribution < -0.4 is 26.0 Å². The summed E-state index contributed by atoms with van der Waals surface area (Å²) in [4.78, 5) is 98.5. The Balaban J connectivity index is 1.33. The van der Waals surface area contributed by atoms with Crippen LogP contribution in [-0.2, 0) is 44.7 Å². The smallest absolute Gasteiger partial charge is 0.290 e. The van der Waals surface area contributed by atoms with E-state index in [0.29, 0.717) is 37.2 Å². The monoisotopic (exact) mass is 830 g/mol. The number of Topliss-reactive ketones (excluding diaryl/α,β-unsaturated/α-hetero) is 1. The quantitative estimate of drug-likeness (QED) is 0.220. The highest BCUT2D eigenvalue weighted by Gasteiger charge is 2.46. The normalized spacial score (nSPS) is 22.0. The van der Waals surface area contributed by atoms with Gasteiger partial charge >= 0.3 is 0 Å². The van der Waals surface area contributed by atoms with Crippen LogP contribution >= 0.6 is 0 Å². The highest BCUT2D eigenvalue weighted by Crippen LogP contribution is 2.32. The molecule has 6 amide bonds. The van der Waals surface area contributed by atoms with Crippen LogP contribution in [0.1, 0.15) is 102 Å². The van der Waals surface area contributed by atoms with E-state index in [1.54, 1.807) is 44.4 Å². The summed E-state index contributed by atoms with van der Waals surface area (Å²) in [7, 11) is 3.13. The van der Waals surface area contributed by atoms with Gasteiger partial charge in [-0.05, 0) is 62.3 Å². The highest BCUT2D eigenvalue weighted by atomic mass is 16.5. The van der Waals surface area contributed by atoms with E-state index < -0.39 is 65.9 Å². The van der Waals surface area contributed by atoms with Gasteiger partial charge in [0.25, 0.3) is 5.91 Å². The first kappa shape index (κ1) is 45.8. The molecule has 4 bridgehead atoms. The number of ketones is 1. The molecule has 0 aromatic heterocycles. The summed E-state index contributed by atoms with van der Waals surface area (Å²) in [5.74, 6) is -3.91. The van der Waals surface area contributed by atoms with Gasteiger partial charge in [0.15, 0.2) is 0 Å². The van der Waals surface area contributed by atoms with Crippen molar-refractivity contribution in [3.05, 3.63) is 65.7 Å². The summed E-state index contributed by atoms with van der Waals surface area (Å²) < 4.78 is 12.6. The van der Waals surface area contributed by atoms with Crippen molar-refractivity contribution in [2.24, 2.45) is 5.92 Å². The van der Waals surface area contributed by atoms with Crippen molar-refractivity contribution >= 4 is 41.2 Å². The average molecular weight is 831 g/mol. The molecule has 0 radical (unpaired) electrons. The summed E-state index contributed by atoms with van der Waals surface area (Å²) in [6.45, 7) is 5.60. The van der Waals surface area contributed by atoms with Crippen molar-refractivity contribution in [1.29, 1.82) is 0 Å². The van der Waals surface area contributed by atoms with Crippen LogP contribution in [0.2, 0.25) is 0 Å². The van der Waals surface area contributed by atoms with Gasteiger partial charge in [-0.25, -0.2) is 0 Å². The number of fused-ring (bicyclic) bond motifs is 4. The minimum Gasteiger partial charge on any atom is -0.493 e. The van der Waals surface area contributed by atoms with Gasteiger partial charge in [-0.1, -0.05) is 81.5 Å². The molecule has 1 saturated carbocycles. The molecule has 1 aliphatic carbocycles. The summed E-state index contributed by atoms with van der Waals surface area (Å²) in [5.41, 5.74) is 0.594. The Bertz CT molecular complexity index is 1850. The maximum atomic E-state index is 14.8. The lowest BCUT2D eigenvalue weighted by molar-refractivity contribution is -0.144. The van der Waals surface area contributed by atoms with E-state index in [-0.39, 0.29) is 49.4 Å². The number of carbonyl (C=O) groups is 7. The van der Waals surface area contributed by atoms with Gasteiger partial charge < -0.3 is 40.5 Å². The van der Waals surface area contributed by atoms with E-state index in [9.17, 15) is 33.6 Å². The first-order chi connectivity index (χ1) is 28.6. The van der Waals surface area contributed by atoms with Gasteiger partial charge in [0.2, 0.25) is 35.3 Å². The van der Waals surface area contributed by atoms with Crippen LogP contribution in [-0.4, -0.2) is 115 Å². The van der Waals surface area contributed by atoms with Crippen LogP contribution in [0.25, 0.3) is 0 Å². The van der Waals surface area contributed by atoms with Crippen LogP contribution in [0.3, 0.4) is 0 Å². The van der Waals surface area contributed by atoms with Crippen molar-refractivity contribution in [3.8, 4) is 5.75 Å². The Labute approximate surface area is 353 Å². The molecule has 5 atom stereocenters. The highest BCUT2D eigenvalue weighted by molar-refractivity contribution is 6.38. The fourth-order valence-corrected chi connectivity index (χ4v) is 8.24. The molecule has 2 fully saturated rings. The number of hydrogen-bond acceptors (Lipinski definition) is 9. The molecule has 60 heavy (non-hydrogen) atoms. The molecular weight excluding hydrogens is 769 g/mol. The zero-order valence-corrected chi connectivity index (χ0v) is 35.6. The second kappa shape index (κ2) is 21.3. The topological polar surface area (TPSA) is 193 Å². The minimum absolute atomic E-state index is 0.0433. The van der Waals surface area contributed by atoms with Gasteiger partial charge in [0.05, 0.1) is 37.3 Å². The van der Waals surface area contributed by atoms with Crippen LogP contribution in [0, 0.1) is 5.92 Å². The Kier molecular flexibility index (Phi) is 16.2. The summed E-state index contributed by atoms with van der Waals surface area (Å²) >= 11 is 0. The predicted octanol–water partition coefficient (Wildman–Crippen LogP) is 3.15. The second-order valence-electron chi connectivity index (χ2n) is 17.0. The predicted molar refractivity (Wildman–Crippen MR) is 223 cm³/mol. The third kappa shape index (κ3) is 12.6. The third-order valence-corrected chi connectivity index (χ3v) is 11.5. The fraction of sp³-hybridized carbons (Fsp3) is 0.578. The molecule has 15 nitrogen and oxygen atoms in total. The van der Waals surface area contributed by atoms with E-state index in [1.165, 1.54) is 9.80 Å². The second-order valence-corrected chi connectivity index (χ2v) is 17.0. The lowest BCUT2D eigenvalue weighted by Gasteiger charge is -2.35. The van der Waals surface area contributed by atoms with Gasteiger partial charge in [-0.3, -0.25) is 33.6 Å². The summed E-state index contributed by atoms with van der Waals surface area (Å²) in [5, 5.41) is 10.8. The average Bonchev–Trinajstić information content (AvgIpc) is 3.65. The summed E-state index contributed by atoms with van der Waals surface area (Å²) in [6.07, 6.45) is 5.80. The fourth-order valence-electron chi connectivity index (χ4n) is 8.24. The standard InChI is InChI=1S/C45H62N6O9/c1-6-7-21-34(40(54)42(56)46-27-37(53)49-38(43(57)50(4)5)30-16-10-8-11-17-30)47-41(55)35-26-33-28-51(35)44(58)39(31-18-12-9-13-19-31)48-36(52)25-29-15-14-20-32(24-29)59-23-22-45(2,3)60-33/h8,10-11,14-17,20,24,31,33-35,38-39H,6-7,9,12-13,18-19,21-23,25-28H2,1-5H3,(H,46,56)(H,47,55)(H,48,52)(H,49,53)/t33-,34?,35+,38+,39+/m1/s1. The molecule has 0 spiro atoms. The number of unbranched alkanes of at least 4 members (excludes halogenated alkanes) is 1. The van der Waals surface area contributed by atoms with Crippen molar-refractivity contribution in [1.82, 2.24) is 31.1 Å². The number of hydrogen-bond donors (Lipinski definition) is 4. The zero-order valence-electron chi connectivity index (χ0n) is 35.6. The lowest BCUT2D eigenvalue weighted by Crippen LogP contribution is -2.58. The van der Waals surface area contributed by atoms with Crippen molar-refractivity contribution in [3.63, 3.8) is 0 Å². The van der Waals surface area contributed by atoms with Crippen LogP contribution in [0.5, 0.6) is 5.75 Å². The van der Waals surface area contributed by atoms with Gasteiger partial charge in [-0.15, -0.1) is 0 Å². The minimum atomic E-state index is -1.25. The Hall–Kier alpha value is -5.31. The Morgan fingerprint density at radius 3 is 2.40 bits per heavy atom. The first-order valence-electron chi connectivity index (χ1n) is 21.3. The van der Waals surface area contributed by atoms with Gasteiger partial charge in [-0.2, -0.15) is 0 Å². The Morgan fingerprint density at radius 1 is 0.967 bits per heavy atom. The number of likely N-dealkylation sites (N-methyl/N-ethyl adjacent to an activating group) is 1. The molecule has 3 aliphatic rings. The number of benzene rings is 2. The first-order valence-corrected chi connectivity index (χ1v) is 21.3. The Morgan fingerprint density at radius 2 is 1.70 bits per heavy atom. The zero-order chi connectivity index (χ0) is 43.4. The number of nitrogens with one attached hydrogen (secondary N) is 4. The largest absolute Gasteiger partial charge is 0.493 e. The van der Waals surface area contributed by atoms with Crippen molar-refractivity contribution < 1.29 is 43.0 Å². The molecule has 2 heterocycles. The molecule has 1 saturated heterocycles. The molecule has 4 N–H and O–H groups in total. The van der Waals surface area contributed by atoms with E-state index in [2.05, 4.69) is 21.3 Å². The lowest BCUT2D eigenvalue weighted by atomic mass is 9.83. The molecule has 2 aliphatic heterocycles. The number of amides is 6. The SMILES string of the molecule is CCCCC(NC(=O)[C@@H]1C[C@@H]2CN1C(=O)[C@H](C1CCCCC1)NC(=O)Cc1cccc(c1)OCCC(C)(C)O2)C(=O)C(=O)NCC(=O)N[C@H](C(=O)N(C)C)c1ccccc1. The van der Waals surface area contributed by atoms with E-state index in [0.717, 1.165) is 37.7 Å². The number of rotatable bonds is 13. The van der Waals surface area contributed by atoms with E-state index >= 15 is 0 Å². The van der Waals surface area contributed by atoms with Crippen LogP contribution in [0.15, 0.2) is 54.6 Å². The molecular formula is C45H62N6O9. The maximum Gasteiger partial charge on any atom is 0.290 e. The van der Waals surface area contributed by atoms with E-state index in [1.807, 2.05) is 45.0 Å². The molecule has 1 unspecified atom stereocenters. The van der Waals surface area contributed by atoms with Gasteiger partial charge in [0.1, 0.15) is 23.9 Å². The number of ether oxygens (including phenoxy) is 2.